The molecule has 0 bridgehead atoms. The van der Waals surface area contributed by atoms with Crippen molar-refractivity contribution >= 4 is 32.7 Å². The topological polar surface area (TPSA) is 42.9 Å². The highest BCUT2D eigenvalue weighted by atomic mass is 79.9. The molecular weight excluding hydrogens is 268 g/mol. The van der Waals surface area contributed by atoms with Crippen molar-refractivity contribution in [3.8, 4) is 0 Å². The molecule has 2 aromatic rings. The first-order valence-corrected chi connectivity index (χ1v) is 5.92. The molecule has 16 heavy (non-hydrogen) atoms. The van der Waals surface area contributed by atoms with E-state index in [2.05, 4.69) is 25.9 Å². The molecule has 0 fully saturated rings. The summed E-state index contributed by atoms with van der Waals surface area (Å²) in [6, 6.07) is 5.88. The van der Waals surface area contributed by atoms with Crippen LogP contribution in [-0.4, -0.2) is 20.6 Å². The average molecular weight is 279 g/mol. The zero-order valence-electron chi connectivity index (χ0n) is 8.85. The fourth-order valence-corrected chi connectivity index (χ4v) is 1.86. The summed E-state index contributed by atoms with van der Waals surface area (Å²) in [6.07, 6.45) is 4.02. The lowest BCUT2D eigenvalue weighted by Crippen LogP contribution is -2.12. The van der Waals surface area contributed by atoms with Gasteiger partial charge in [-0.15, -0.1) is 0 Å². The second-order valence-electron chi connectivity index (χ2n) is 3.66. The average Bonchev–Trinajstić information content (AvgIpc) is 2.28. The highest BCUT2D eigenvalue weighted by molar-refractivity contribution is 9.10. The number of rotatable bonds is 3. The zero-order valence-corrected chi connectivity index (χ0v) is 10.4. The number of nitrogens with zero attached hydrogens (tertiary/aromatic N) is 2. The van der Waals surface area contributed by atoms with Crippen LogP contribution in [-0.2, 0) is 11.2 Å². The van der Waals surface area contributed by atoms with E-state index in [1.54, 1.807) is 19.3 Å². The van der Waals surface area contributed by atoms with E-state index in [9.17, 15) is 4.79 Å². The maximum absolute atomic E-state index is 11.1. The van der Waals surface area contributed by atoms with Gasteiger partial charge in [0.15, 0.2) is 0 Å². The van der Waals surface area contributed by atoms with Crippen molar-refractivity contribution in [2.75, 3.05) is 0 Å². The number of halogens is 1. The monoisotopic (exact) mass is 278 g/mol. The van der Waals surface area contributed by atoms with E-state index in [0.717, 1.165) is 16.6 Å². The Morgan fingerprint density at radius 1 is 1.31 bits per heavy atom. The third-order valence-electron chi connectivity index (χ3n) is 2.39. The maximum atomic E-state index is 11.1. The van der Waals surface area contributed by atoms with E-state index in [1.807, 2.05) is 18.2 Å². The Bertz CT molecular complexity index is 527. The van der Waals surface area contributed by atoms with Crippen LogP contribution in [0.1, 0.15) is 12.5 Å². The SMILES string of the molecule is CC(=O)C(Br)Cc1ccc2nccnc2c1. The molecule has 0 spiro atoms. The molecule has 0 N–H and O–H groups in total. The Kier molecular flexibility index (Phi) is 3.29. The largest absolute Gasteiger partial charge is 0.299 e. The first-order chi connectivity index (χ1) is 7.66. The van der Waals surface area contributed by atoms with Gasteiger partial charge in [0.25, 0.3) is 0 Å². The molecule has 2 rings (SSSR count). The maximum Gasteiger partial charge on any atom is 0.143 e. The summed E-state index contributed by atoms with van der Waals surface area (Å²) in [5.74, 6) is 0.138. The Labute approximate surface area is 102 Å². The highest BCUT2D eigenvalue weighted by Gasteiger charge is 2.10. The van der Waals surface area contributed by atoms with Crippen molar-refractivity contribution in [1.29, 1.82) is 0 Å². The summed E-state index contributed by atoms with van der Waals surface area (Å²) in [6.45, 7) is 1.58. The minimum Gasteiger partial charge on any atom is -0.299 e. The quantitative estimate of drug-likeness (QED) is 0.811. The van der Waals surface area contributed by atoms with Gasteiger partial charge >= 0.3 is 0 Å². The van der Waals surface area contributed by atoms with E-state index >= 15 is 0 Å². The molecule has 1 aromatic carbocycles. The lowest BCUT2D eigenvalue weighted by atomic mass is 10.1. The van der Waals surface area contributed by atoms with Crippen LogP contribution in [0.3, 0.4) is 0 Å². The van der Waals surface area contributed by atoms with Crippen molar-refractivity contribution < 1.29 is 4.79 Å². The molecule has 1 heterocycles. The van der Waals surface area contributed by atoms with Gasteiger partial charge in [-0.25, -0.2) is 0 Å². The summed E-state index contributed by atoms with van der Waals surface area (Å²) in [5.41, 5.74) is 2.83. The summed E-state index contributed by atoms with van der Waals surface area (Å²) in [7, 11) is 0. The number of fused-ring (bicyclic) bond motifs is 1. The number of carbonyl (C=O) groups is 1. The van der Waals surface area contributed by atoms with Crippen molar-refractivity contribution in [1.82, 2.24) is 9.97 Å². The minimum absolute atomic E-state index is 0.123. The van der Waals surface area contributed by atoms with Crippen LogP contribution >= 0.6 is 15.9 Å². The van der Waals surface area contributed by atoms with Gasteiger partial charge in [-0.3, -0.25) is 14.8 Å². The standard InChI is InChI=1S/C12H11BrN2O/c1-8(16)10(13)6-9-2-3-11-12(7-9)15-5-4-14-11/h2-5,7,10H,6H2,1H3. The van der Waals surface area contributed by atoms with E-state index in [0.29, 0.717) is 6.42 Å². The third kappa shape index (κ3) is 2.44. The third-order valence-corrected chi connectivity index (χ3v) is 3.36. The minimum atomic E-state index is -0.123. The molecule has 1 atom stereocenters. The molecule has 0 radical (unpaired) electrons. The molecule has 0 saturated heterocycles. The van der Waals surface area contributed by atoms with Gasteiger partial charge in [0.05, 0.1) is 15.9 Å². The molecule has 0 saturated carbocycles. The van der Waals surface area contributed by atoms with Crippen LogP contribution in [0.4, 0.5) is 0 Å². The van der Waals surface area contributed by atoms with Crippen LogP contribution in [0.15, 0.2) is 30.6 Å². The number of aromatic nitrogens is 2. The molecule has 1 unspecified atom stereocenters. The summed E-state index contributed by atoms with van der Waals surface area (Å²) in [4.78, 5) is 19.4. The van der Waals surface area contributed by atoms with Crippen LogP contribution in [0.25, 0.3) is 11.0 Å². The number of Topliss-reactive ketones (excluding diaryl/α,β-unsaturated/α-hetero) is 1. The number of hydrogen-bond donors (Lipinski definition) is 0. The Balaban J connectivity index is 2.29. The lowest BCUT2D eigenvalue weighted by Gasteiger charge is -2.06. The van der Waals surface area contributed by atoms with E-state index in [4.69, 9.17) is 0 Å². The van der Waals surface area contributed by atoms with Gasteiger partial charge in [0.1, 0.15) is 5.78 Å². The second kappa shape index (κ2) is 4.70. The second-order valence-corrected chi connectivity index (χ2v) is 4.77. The van der Waals surface area contributed by atoms with Crippen molar-refractivity contribution in [2.24, 2.45) is 0 Å². The predicted octanol–water partition coefficient (Wildman–Crippen LogP) is 2.52. The molecule has 4 heteroatoms. The summed E-state index contributed by atoms with van der Waals surface area (Å²) >= 11 is 3.36. The molecular formula is C12H11BrN2O. The Morgan fingerprint density at radius 2 is 2.00 bits per heavy atom. The van der Waals surface area contributed by atoms with Crippen molar-refractivity contribution in [2.45, 2.75) is 18.2 Å². The van der Waals surface area contributed by atoms with Gasteiger partial charge in [0, 0.05) is 12.4 Å². The Hall–Kier alpha value is -1.29. The number of ketones is 1. The van der Waals surface area contributed by atoms with Gasteiger partial charge in [-0.1, -0.05) is 22.0 Å². The highest BCUT2D eigenvalue weighted by Crippen LogP contribution is 2.15. The van der Waals surface area contributed by atoms with Crippen LogP contribution < -0.4 is 0 Å². The van der Waals surface area contributed by atoms with E-state index in [1.165, 1.54) is 0 Å². The number of alkyl halides is 1. The summed E-state index contributed by atoms with van der Waals surface area (Å²) < 4.78 is 0. The molecule has 0 aliphatic rings. The normalized spacial score (nSPS) is 12.6. The van der Waals surface area contributed by atoms with Crippen LogP contribution in [0.5, 0.6) is 0 Å². The van der Waals surface area contributed by atoms with Crippen molar-refractivity contribution in [3.05, 3.63) is 36.2 Å². The van der Waals surface area contributed by atoms with Crippen LogP contribution in [0, 0.1) is 0 Å². The number of carbonyl (C=O) groups excluding carboxylic acids is 1. The molecule has 0 aliphatic heterocycles. The predicted molar refractivity (Wildman–Crippen MR) is 66.6 cm³/mol. The Morgan fingerprint density at radius 3 is 2.69 bits per heavy atom. The van der Waals surface area contributed by atoms with Gasteiger partial charge in [-0.05, 0) is 31.0 Å². The number of benzene rings is 1. The molecule has 0 aliphatic carbocycles. The number of hydrogen-bond acceptors (Lipinski definition) is 3. The van der Waals surface area contributed by atoms with E-state index in [-0.39, 0.29) is 10.6 Å². The lowest BCUT2D eigenvalue weighted by molar-refractivity contribution is -0.116. The molecule has 1 aromatic heterocycles. The smallest absolute Gasteiger partial charge is 0.143 e. The van der Waals surface area contributed by atoms with Gasteiger partial charge in [-0.2, -0.15) is 0 Å². The van der Waals surface area contributed by atoms with Crippen molar-refractivity contribution in [3.63, 3.8) is 0 Å². The van der Waals surface area contributed by atoms with Crippen LogP contribution in [0.2, 0.25) is 0 Å². The van der Waals surface area contributed by atoms with Gasteiger partial charge in [0.2, 0.25) is 0 Å². The van der Waals surface area contributed by atoms with Gasteiger partial charge < -0.3 is 0 Å². The molecule has 0 amide bonds. The summed E-state index contributed by atoms with van der Waals surface area (Å²) in [5, 5.41) is 0. The van der Waals surface area contributed by atoms with E-state index < -0.39 is 0 Å². The first kappa shape index (κ1) is 11.2. The fraction of sp³-hybridized carbons (Fsp3) is 0.250. The fourth-order valence-electron chi connectivity index (χ4n) is 1.49. The first-order valence-electron chi connectivity index (χ1n) is 5.01. The molecule has 3 nitrogen and oxygen atoms in total. The molecule has 82 valence electrons. The zero-order chi connectivity index (χ0) is 11.5.